The SMILES string of the molecule is CCC(F)CCCCCCCCCC(F)F. The van der Waals surface area contributed by atoms with Gasteiger partial charge in [-0.25, -0.2) is 13.2 Å². The summed E-state index contributed by atoms with van der Waals surface area (Å²) in [6.45, 7) is 1.87. The zero-order chi connectivity index (χ0) is 12.2. The number of hydrogen-bond donors (Lipinski definition) is 0. The predicted octanol–water partition coefficient (Wildman–Crippen LogP) is 5.51. The van der Waals surface area contributed by atoms with Gasteiger partial charge in [-0.3, -0.25) is 0 Å². The van der Waals surface area contributed by atoms with Crippen LogP contribution in [-0.2, 0) is 0 Å². The first kappa shape index (κ1) is 15.8. The molecule has 0 radical (unpaired) electrons. The van der Waals surface area contributed by atoms with Gasteiger partial charge < -0.3 is 0 Å². The van der Waals surface area contributed by atoms with E-state index in [1.807, 2.05) is 6.92 Å². The average molecular weight is 238 g/mol. The van der Waals surface area contributed by atoms with Crippen LogP contribution in [0.3, 0.4) is 0 Å². The summed E-state index contributed by atoms with van der Waals surface area (Å²) < 4.78 is 36.4. The second-order valence-corrected chi connectivity index (χ2v) is 4.45. The lowest BCUT2D eigenvalue weighted by Crippen LogP contribution is -1.96. The van der Waals surface area contributed by atoms with Crippen LogP contribution in [0.4, 0.5) is 13.2 Å². The van der Waals surface area contributed by atoms with Crippen molar-refractivity contribution < 1.29 is 13.2 Å². The molecule has 0 heterocycles. The van der Waals surface area contributed by atoms with Gasteiger partial charge >= 0.3 is 0 Å². The lowest BCUT2D eigenvalue weighted by Gasteiger charge is -2.04. The second kappa shape index (κ2) is 11.3. The van der Waals surface area contributed by atoms with Crippen molar-refractivity contribution >= 4 is 0 Å². The van der Waals surface area contributed by atoms with Crippen molar-refractivity contribution in [3.05, 3.63) is 0 Å². The smallest absolute Gasteiger partial charge is 0.238 e. The first-order valence-corrected chi connectivity index (χ1v) is 6.59. The van der Waals surface area contributed by atoms with E-state index in [4.69, 9.17) is 0 Å². The average Bonchev–Trinajstić information content (AvgIpc) is 2.26. The summed E-state index contributed by atoms with van der Waals surface area (Å²) in [5, 5.41) is 0. The Hall–Kier alpha value is -0.210. The van der Waals surface area contributed by atoms with E-state index in [1.165, 1.54) is 0 Å². The van der Waals surface area contributed by atoms with Crippen LogP contribution in [0.5, 0.6) is 0 Å². The van der Waals surface area contributed by atoms with E-state index in [2.05, 4.69) is 0 Å². The van der Waals surface area contributed by atoms with E-state index < -0.39 is 12.6 Å². The van der Waals surface area contributed by atoms with Crippen molar-refractivity contribution in [3.63, 3.8) is 0 Å². The maximum Gasteiger partial charge on any atom is 0.238 e. The van der Waals surface area contributed by atoms with Gasteiger partial charge in [0.15, 0.2) is 0 Å². The summed E-state index contributed by atoms with van der Waals surface area (Å²) in [5.41, 5.74) is 0. The largest absolute Gasteiger partial charge is 0.248 e. The third kappa shape index (κ3) is 11.9. The highest BCUT2D eigenvalue weighted by Crippen LogP contribution is 2.14. The van der Waals surface area contributed by atoms with Gasteiger partial charge in [0.05, 0.1) is 6.17 Å². The highest BCUT2D eigenvalue weighted by molar-refractivity contribution is 4.54. The summed E-state index contributed by atoms with van der Waals surface area (Å²) in [4.78, 5) is 0. The van der Waals surface area contributed by atoms with Crippen molar-refractivity contribution in [2.45, 2.75) is 83.7 Å². The predicted molar refractivity (Wildman–Crippen MR) is 62.7 cm³/mol. The van der Waals surface area contributed by atoms with Crippen LogP contribution in [0, 0.1) is 0 Å². The summed E-state index contributed by atoms with van der Waals surface area (Å²) in [6.07, 6.45) is 5.42. The Balaban J connectivity index is 2.99. The zero-order valence-corrected chi connectivity index (χ0v) is 10.4. The van der Waals surface area contributed by atoms with Gasteiger partial charge in [-0.05, 0) is 19.3 Å². The van der Waals surface area contributed by atoms with Gasteiger partial charge in [-0.15, -0.1) is 0 Å². The van der Waals surface area contributed by atoms with Crippen LogP contribution in [0.1, 0.15) is 71.1 Å². The topological polar surface area (TPSA) is 0 Å². The van der Waals surface area contributed by atoms with Crippen LogP contribution in [0.2, 0.25) is 0 Å². The molecule has 0 N–H and O–H groups in total. The Bertz CT molecular complexity index is 137. The molecule has 0 aromatic carbocycles. The molecular weight excluding hydrogens is 213 g/mol. The minimum atomic E-state index is -2.14. The molecule has 3 heteroatoms. The number of unbranched alkanes of at least 4 members (excludes halogenated alkanes) is 6. The Morgan fingerprint density at radius 2 is 1.12 bits per heavy atom. The fourth-order valence-corrected chi connectivity index (χ4v) is 1.75. The van der Waals surface area contributed by atoms with E-state index in [9.17, 15) is 13.2 Å². The van der Waals surface area contributed by atoms with Crippen molar-refractivity contribution in [1.29, 1.82) is 0 Å². The van der Waals surface area contributed by atoms with Crippen LogP contribution in [-0.4, -0.2) is 12.6 Å². The molecule has 0 bridgehead atoms. The molecule has 0 saturated heterocycles. The van der Waals surface area contributed by atoms with E-state index in [1.54, 1.807) is 0 Å². The molecule has 0 saturated carbocycles. The second-order valence-electron chi connectivity index (χ2n) is 4.45. The molecule has 16 heavy (non-hydrogen) atoms. The molecule has 0 nitrogen and oxygen atoms in total. The van der Waals surface area contributed by atoms with Gasteiger partial charge in [0.2, 0.25) is 6.43 Å². The number of rotatable bonds is 11. The van der Waals surface area contributed by atoms with E-state index >= 15 is 0 Å². The quantitative estimate of drug-likeness (QED) is 0.416. The molecule has 0 rings (SSSR count). The van der Waals surface area contributed by atoms with Crippen LogP contribution in [0.15, 0.2) is 0 Å². The maximum atomic E-state index is 12.8. The van der Waals surface area contributed by atoms with Crippen LogP contribution >= 0.6 is 0 Å². The zero-order valence-electron chi connectivity index (χ0n) is 10.4. The third-order valence-corrected chi connectivity index (χ3v) is 2.88. The van der Waals surface area contributed by atoms with Crippen LogP contribution in [0.25, 0.3) is 0 Å². The number of halogens is 3. The molecular formula is C13H25F3. The van der Waals surface area contributed by atoms with Gasteiger partial charge in [-0.2, -0.15) is 0 Å². The molecule has 1 unspecified atom stereocenters. The normalized spacial score (nSPS) is 13.3. The highest BCUT2D eigenvalue weighted by atomic mass is 19.3. The first-order valence-electron chi connectivity index (χ1n) is 6.59. The van der Waals surface area contributed by atoms with Crippen molar-refractivity contribution in [3.8, 4) is 0 Å². The maximum absolute atomic E-state index is 12.8. The van der Waals surface area contributed by atoms with E-state index in [-0.39, 0.29) is 6.42 Å². The molecule has 0 aliphatic carbocycles. The molecule has 0 aliphatic rings. The molecule has 0 aliphatic heterocycles. The van der Waals surface area contributed by atoms with E-state index in [0.29, 0.717) is 19.3 Å². The number of alkyl halides is 3. The monoisotopic (exact) mass is 238 g/mol. The summed E-state index contributed by atoms with van der Waals surface area (Å²) in [7, 11) is 0. The van der Waals surface area contributed by atoms with Gasteiger partial charge in [0.1, 0.15) is 0 Å². The Morgan fingerprint density at radius 3 is 1.56 bits per heavy atom. The first-order chi connectivity index (χ1) is 7.66. The summed E-state index contributed by atoms with van der Waals surface area (Å²) in [5.74, 6) is 0. The minimum absolute atomic E-state index is 0.0417. The summed E-state index contributed by atoms with van der Waals surface area (Å²) in [6, 6.07) is 0. The van der Waals surface area contributed by atoms with Gasteiger partial charge in [0.25, 0.3) is 0 Å². The van der Waals surface area contributed by atoms with Crippen molar-refractivity contribution in [2.24, 2.45) is 0 Å². The lowest BCUT2D eigenvalue weighted by atomic mass is 10.1. The van der Waals surface area contributed by atoms with Crippen LogP contribution < -0.4 is 0 Å². The molecule has 1 atom stereocenters. The van der Waals surface area contributed by atoms with Gasteiger partial charge in [-0.1, -0.05) is 45.4 Å². The highest BCUT2D eigenvalue weighted by Gasteiger charge is 2.02. The minimum Gasteiger partial charge on any atom is -0.248 e. The van der Waals surface area contributed by atoms with Crippen molar-refractivity contribution in [2.75, 3.05) is 0 Å². The molecule has 0 spiro atoms. The fourth-order valence-electron chi connectivity index (χ4n) is 1.75. The lowest BCUT2D eigenvalue weighted by molar-refractivity contribution is 0.133. The Morgan fingerprint density at radius 1 is 0.688 bits per heavy atom. The van der Waals surface area contributed by atoms with Gasteiger partial charge in [0, 0.05) is 6.42 Å². The molecule has 0 aromatic heterocycles. The third-order valence-electron chi connectivity index (χ3n) is 2.88. The van der Waals surface area contributed by atoms with E-state index in [0.717, 1.165) is 38.5 Å². The molecule has 0 amide bonds. The molecule has 98 valence electrons. The Labute approximate surface area is 97.6 Å². The number of hydrogen-bond acceptors (Lipinski definition) is 0. The fraction of sp³-hybridized carbons (Fsp3) is 1.00. The summed E-state index contributed by atoms with van der Waals surface area (Å²) >= 11 is 0. The molecule has 0 aromatic rings. The Kier molecular flexibility index (Phi) is 11.1. The van der Waals surface area contributed by atoms with Crippen molar-refractivity contribution in [1.82, 2.24) is 0 Å². The molecule has 0 fully saturated rings. The standard InChI is InChI=1S/C13H25F3/c1-2-12(14)10-8-6-4-3-5-7-9-11-13(15)16/h12-13H,2-11H2,1H3.